The summed E-state index contributed by atoms with van der Waals surface area (Å²) < 4.78 is 5.37. The quantitative estimate of drug-likeness (QED) is 0.853. The molecule has 1 heterocycles. The van der Waals surface area contributed by atoms with Crippen molar-refractivity contribution in [2.75, 3.05) is 0 Å². The summed E-state index contributed by atoms with van der Waals surface area (Å²) in [4.78, 5) is 15.9. The van der Waals surface area contributed by atoms with Gasteiger partial charge in [0.05, 0.1) is 5.69 Å². The van der Waals surface area contributed by atoms with Crippen LogP contribution in [0.25, 0.3) is 0 Å². The van der Waals surface area contributed by atoms with E-state index < -0.39 is 12.2 Å². The summed E-state index contributed by atoms with van der Waals surface area (Å²) in [6, 6.07) is 3.35. The topological polar surface area (TPSA) is 51.2 Å². The van der Waals surface area contributed by atoms with Gasteiger partial charge in [0.15, 0.2) is 0 Å². The minimum Gasteiger partial charge on any atom is -0.439 e. The lowest BCUT2D eigenvalue weighted by Gasteiger charge is -2.23. The van der Waals surface area contributed by atoms with Crippen molar-refractivity contribution in [3.63, 3.8) is 0 Å². The lowest BCUT2D eigenvalue weighted by atomic mass is 10.1. The van der Waals surface area contributed by atoms with Crippen LogP contribution in [-0.2, 0) is 4.74 Å². The molecule has 5 heteroatoms. The van der Waals surface area contributed by atoms with Crippen LogP contribution in [0.1, 0.15) is 39.0 Å². The summed E-state index contributed by atoms with van der Waals surface area (Å²) in [5.74, 6) is 0. The second-order valence-electron chi connectivity index (χ2n) is 5.19. The number of aromatic nitrogens is 1. The van der Waals surface area contributed by atoms with Gasteiger partial charge in [-0.15, -0.1) is 6.58 Å². The van der Waals surface area contributed by atoms with Gasteiger partial charge in [-0.1, -0.05) is 17.7 Å². The van der Waals surface area contributed by atoms with Gasteiger partial charge in [-0.25, -0.2) is 4.79 Å². The van der Waals surface area contributed by atoms with Gasteiger partial charge < -0.3 is 10.1 Å². The fourth-order valence-corrected chi connectivity index (χ4v) is 1.61. The molecule has 0 aliphatic carbocycles. The lowest BCUT2D eigenvalue weighted by Crippen LogP contribution is -2.41. The molecule has 0 aliphatic rings. The van der Waals surface area contributed by atoms with Crippen molar-refractivity contribution in [2.45, 2.75) is 38.8 Å². The predicted molar refractivity (Wildman–Crippen MR) is 76.2 cm³/mol. The molecule has 1 aromatic heterocycles. The molecular formula is C14H19ClN2O2. The highest BCUT2D eigenvalue weighted by Crippen LogP contribution is 2.22. The number of nitrogens with zero attached hydrogens (tertiary/aromatic N) is 1. The zero-order valence-corrected chi connectivity index (χ0v) is 12.2. The van der Waals surface area contributed by atoms with E-state index in [1.807, 2.05) is 20.8 Å². The highest BCUT2D eigenvalue weighted by atomic mass is 35.5. The molecule has 1 rings (SSSR count). The van der Waals surface area contributed by atoms with Crippen LogP contribution in [0.4, 0.5) is 4.79 Å². The van der Waals surface area contributed by atoms with Gasteiger partial charge in [0.2, 0.25) is 0 Å². The van der Waals surface area contributed by atoms with Gasteiger partial charge in [-0.2, -0.15) is 0 Å². The van der Waals surface area contributed by atoms with Crippen LogP contribution in [0, 0.1) is 0 Å². The molecule has 0 unspecified atom stereocenters. The number of alkyl carbamates (subject to hydrolysis) is 1. The van der Waals surface area contributed by atoms with Crippen molar-refractivity contribution in [1.82, 2.24) is 10.3 Å². The average Bonchev–Trinajstić information content (AvgIpc) is 2.26. The molecular weight excluding hydrogens is 264 g/mol. The fraction of sp³-hybridized carbons (Fsp3) is 0.429. The molecule has 0 saturated heterocycles. The Balaban J connectivity index is 2.78. The number of carbonyl (C=O) groups is 1. The molecule has 1 amide bonds. The summed E-state index contributed by atoms with van der Waals surface area (Å²) >= 11 is 5.91. The first-order valence-electron chi connectivity index (χ1n) is 6.03. The summed E-state index contributed by atoms with van der Waals surface area (Å²) in [6.07, 6.45) is 2.76. The van der Waals surface area contributed by atoms with E-state index in [1.54, 1.807) is 24.4 Å². The molecule has 1 atom stereocenters. The third-order valence-electron chi connectivity index (χ3n) is 2.18. The lowest BCUT2D eigenvalue weighted by molar-refractivity contribution is 0.0902. The number of halogens is 1. The molecule has 1 aromatic rings. The van der Waals surface area contributed by atoms with E-state index in [2.05, 4.69) is 16.9 Å². The van der Waals surface area contributed by atoms with Crippen LogP contribution in [0.5, 0.6) is 0 Å². The molecule has 0 aromatic carbocycles. The monoisotopic (exact) mass is 282 g/mol. The van der Waals surface area contributed by atoms with E-state index in [9.17, 15) is 4.79 Å². The largest absolute Gasteiger partial charge is 0.439 e. The maximum Gasteiger partial charge on any atom is 0.408 e. The molecule has 1 N–H and O–H groups in total. The van der Waals surface area contributed by atoms with Gasteiger partial charge in [-0.3, -0.25) is 4.98 Å². The molecule has 0 bridgehead atoms. The molecule has 4 nitrogen and oxygen atoms in total. The van der Waals surface area contributed by atoms with Crippen LogP contribution in [-0.4, -0.2) is 16.6 Å². The molecule has 0 aliphatic heterocycles. The van der Waals surface area contributed by atoms with Crippen LogP contribution >= 0.6 is 11.6 Å². The summed E-state index contributed by atoms with van der Waals surface area (Å²) in [7, 11) is 0. The third-order valence-corrected chi connectivity index (χ3v) is 2.42. The van der Waals surface area contributed by atoms with Crippen molar-refractivity contribution in [1.29, 1.82) is 0 Å². The van der Waals surface area contributed by atoms with Gasteiger partial charge in [0.25, 0.3) is 0 Å². The van der Waals surface area contributed by atoms with Gasteiger partial charge in [-0.05, 0) is 32.9 Å². The van der Waals surface area contributed by atoms with Gasteiger partial charge in [0, 0.05) is 23.2 Å². The fourth-order valence-electron chi connectivity index (χ4n) is 1.44. The van der Waals surface area contributed by atoms with E-state index in [0.717, 1.165) is 0 Å². The third kappa shape index (κ3) is 5.75. The number of pyridine rings is 1. The van der Waals surface area contributed by atoms with Crippen molar-refractivity contribution in [3.05, 3.63) is 41.7 Å². The SMILES string of the molecule is C=CC[C@H](OC(=O)NC(C)(C)C)c1cc(Cl)ccn1. The zero-order chi connectivity index (χ0) is 14.5. The predicted octanol–water partition coefficient (Wildman–Crippen LogP) is 3.88. The van der Waals surface area contributed by atoms with Crippen molar-refractivity contribution in [3.8, 4) is 0 Å². The standard InChI is InChI=1S/C14H19ClN2O2/c1-5-6-12(11-9-10(15)7-8-16-11)19-13(18)17-14(2,3)4/h5,7-9,12H,1,6H2,2-4H3,(H,17,18)/t12-/m0/s1. The summed E-state index contributed by atoms with van der Waals surface area (Å²) in [5.41, 5.74) is 0.258. The number of carbonyl (C=O) groups excluding carboxylic acids is 1. The molecule has 0 fully saturated rings. The van der Waals surface area contributed by atoms with Crippen molar-refractivity contribution in [2.24, 2.45) is 0 Å². The number of amides is 1. The Morgan fingerprint density at radius 3 is 2.84 bits per heavy atom. The molecule has 104 valence electrons. The average molecular weight is 283 g/mol. The summed E-state index contributed by atoms with van der Waals surface area (Å²) in [6.45, 7) is 9.31. The number of hydrogen-bond acceptors (Lipinski definition) is 3. The first-order chi connectivity index (χ1) is 8.81. The maximum absolute atomic E-state index is 11.8. The Morgan fingerprint density at radius 2 is 2.32 bits per heavy atom. The minimum atomic E-state index is -0.487. The Kier molecular flexibility index (Phi) is 5.36. The second kappa shape index (κ2) is 6.57. The van der Waals surface area contributed by atoms with Crippen LogP contribution < -0.4 is 5.32 Å². The Bertz CT molecular complexity index is 455. The van der Waals surface area contributed by atoms with E-state index >= 15 is 0 Å². The Morgan fingerprint density at radius 1 is 1.63 bits per heavy atom. The Labute approximate surface area is 118 Å². The van der Waals surface area contributed by atoms with E-state index in [4.69, 9.17) is 16.3 Å². The normalized spacial score (nSPS) is 12.6. The highest BCUT2D eigenvalue weighted by molar-refractivity contribution is 6.30. The summed E-state index contributed by atoms with van der Waals surface area (Å²) in [5, 5.41) is 3.29. The van der Waals surface area contributed by atoms with Crippen LogP contribution in [0.3, 0.4) is 0 Å². The van der Waals surface area contributed by atoms with Crippen LogP contribution in [0.15, 0.2) is 31.0 Å². The van der Waals surface area contributed by atoms with E-state index in [1.165, 1.54) is 0 Å². The smallest absolute Gasteiger partial charge is 0.408 e. The van der Waals surface area contributed by atoms with Crippen molar-refractivity contribution >= 4 is 17.7 Å². The first-order valence-corrected chi connectivity index (χ1v) is 6.41. The first kappa shape index (κ1) is 15.5. The number of nitrogens with one attached hydrogen (secondary N) is 1. The van der Waals surface area contributed by atoms with Gasteiger partial charge >= 0.3 is 6.09 Å². The van der Waals surface area contributed by atoms with E-state index in [-0.39, 0.29) is 5.54 Å². The van der Waals surface area contributed by atoms with Crippen LogP contribution in [0.2, 0.25) is 5.02 Å². The van der Waals surface area contributed by atoms with E-state index in [0.29, 0.717) is 17.1 Å². The second-order valence-corrected chi connectivity index (χ2v) is 5.63. The number of hydrogen-bond donors (Lipinski definition) is 1. The molecule has 0 saturated carbocycles. The highest BCUT2D eigenvalue weighted by Gasteiger charge is 2.20. The number of rotatable bonds is 4. The maximum atomic E-state index is 11.8. The zero-order valence-electron chi connectivity index (χ0n) is 11.4. The Hall–Kier alpha value is -1.55. The van der Waals surface area contributed by atoms with Gasteiger partial charge in [0.1, 0.15) is 6.10 Å². The molecule has 0 spiro atoms. The minimum absolute atomic E-state index is 0.350. The molecule has 0 radical (unpaired) electrons. The molecule has 19 heavy (non-hydrogen) atoms. The van der Waals surface area contributed by atoms with Crippen molar-refractivity contribution < 1.29 is 9.53 Å². The number of ether oxygens (including phenoxy) is 1.